The lowest BCUT2D eigenvalue weighted by atomic mass is 10.1. The van der Waals surface area contributed by atoms with Crippen LogP contribution in [-0.4, -0.2) is 22.4 Å². The first-order chi connectivity index (χ1) is 12.9. The monoisotopic (exact) mass is 409 g/mol. The van der Waals surface area contributed by atoms with Crippen molar-refractivity contribution in [2.45, 2.75) is 12.4 Å². The summed E-state index contributed by atoms with van der Waals surface area (Å²) < 4.78 is 81.6. The number of anilines is 1. The topological polar surface area (TPSA) is 94.4 Å². The van der Waals surface area contributed by atoms with Crippen LogP contribution < -0.4 is 10.1 Å². The molecule has 0 saturated carbocycles. The third-order valence-corrected chi connectivity index (χ3v) is 3.15. The van der Waals surface area contributed by atoms with Crippen LogP contribution in [0.5, 0.6) is 5.75 Å². The molecule has 2 aromatic rings. The number of hydrogen-bond donors (Lipinski definition) is 1. The summed E-state index contributed by atoms with van der Waals surface area (Å²) >= 11 is 0. The van der Waals surface area contributed by atoms with Crippen molar-refractivity contribution < 1.29 is 40.8 Å². The summed E-state index contributed by atoms with van der Waals surface area (Å²) in [4.78, 5) is 25.1. The molecule has 0 aliphatic rings. The lowest BCUT2D eigenvalue weighted by Crippen LogP contribution is -2.21. The van der Waals surface area contributed by atoms with E-state index < -0.39 is 58.2 Å². The number of nitro groups is 1. The van der Waals surface area contributed by atoms with Crippen molar-refractivity contribution in [3.05, 3.63) is 57.8 Å². The predicted molar refractivity (Wildman–Crippen MR) is 81.5 cm³/mol. The van der Waals surface area contributed by atoms with Gasteiger partial charge in [0.1, 0.15) is 6.20 Å². The van der Waals surface area contributed by atoms with Crippen molar-refractivity contribution in [3.8, 4) is 5.75 Å². The molecule has 1 aromatic carbocycles. The molecule has 1 N–H and O–H groups in total. The van der Waals surface area contributed by atoms with E-state index in [9.17, 15) is 41.3 Å². The summed E-state index contributed by atoms with van der Waals surface area (Å²) in [6.45, 7) is -0.913. The summed E-state index contributed by atoms with van der Waals surface area (Å²) in [5.74, 6) is -2.25. The van der Waals surface area contributed by atoms with Crippen molar-refractivity contribution in [1.29, 1.82) is 0 Å². The number of carbonyl (C=O) groups excluding carboxylic acids is 1. The summed E-state index contributed by atoms with van der Waals surface area (Å²) in [5.41, 5.74) is -3.99. The third kappa shape index (κ3) is 5.31. The molecule has 150 valence electrons. The summed E-state index contributed by atoms with van der Waals surface area (Å²) in [6, 6.07) is 2.93. The number of aromatic nitrogens is 1. The lowest BCUT2D eigenvalue weighted by Gasteiger charge is -2.15. The molecule has 0 atom stereocenters. The van der Waals surface area contributed by atoms with E-state index in [0.29, 0.717) is 12.1 Å². The Morgan fingerprint density at radius 2 is 1.68 bits per heavy atom. The summed E-state index contributed by atoms with van der Waals surface area (Å²) in [6.07, 6.45) is -9.06. The second-order valence-corrected chi connectivity index (χ2v) is 5.21. The number of benzene rings is 1. The van der Waals surface area contributed by atoms with E-state index in [-0.39, 0.29) is 6.07 Å². The van der Waals surface area contributed by atoms with E-state index in [1.54, 1.807) is 0 Å². The molecule has 0 aliphatic carbocycles. The molecule has 0 aliphatic heterocycles. The Bertz CT molecular complexity index is 866. The molecule has 0 spiro atoms. The van der Waals surface area contributed by atoms with Gasteiger partial charge in [0, 0.05) is 5.69 Å². The van der Waals surface area contributed by atoms with Crippen molar-refractivity contribution in [3.63, 3.8) is 0 Å². The molecule has 0 bridgehead atoms. The zero-order chi connectivity index (χ0) is 21.1. The van der Waals surface area contributed by atoms with Crippen LogP contribution in [0.4, 0.5) is 37.8 Å². The van der Waals surface area contributed by atoms with Crippen LogP contribution in [0.25, 0.3) is 0 Å². The highest BCUT2D eigenvalue weighted by molar-refractivity contribution is 5.92. The van der Waals surface area contributed by atoms with E-state index in [2.05, 4.69) is 4.98 Å². The predicted octanol–water partition coefficient (Wildman–Crippen LogP) is 4.04. The van der Waals surface area contributed by atoms with Gasteiger partial charge in [0.2, 0.25) is 5.75 Å². The first-order valence-electron chi connectivity index (χ1n) is 7.19. The fraction of sp³-hybridized carbons (Fsp3) is 0.200. The summed E-state index contributed by atoms with van der Waals surface area (Å²) in [5, 5.41) is 12.6. The maximum atomic E-state index is 12.8. The maximum absolute atomic E-state index is 12.8. The van der Waals surface area contributed by atoms with Gasteiger partial charge in [0.05, 0.1) is 11.1 Å². The molecule has 0 fully saturated rings. The molecular formula is C15H9F6N3O4. The van der Waals surface area contributed by atoms with E-state index in [1.807, 2.05) is 5.32 Å². The molecule has 1 amide bonds. The van der Waals surface area contributed by atoms with Crippen LogP contribution in [0.3, 0.4) is 0 Å². The minimum absolute atomic E-state index is 0.0921. The number of carbonyl (C=O) groups is 1. The number of rotatable bonds is 5. The van der Waals surface area contributed by atoms with Gasteiger partial charge in [-0.15, -0.1) is 0 Å². The zero-order valence-electron chi connectivity index (χ0n) is 13.5. The van der Waals surface area contributed by atoms with Crippen LogP contribution in [-0.2, 0) is 17.1 Å². The Balaban J connectivity index is 2.19. The molecule has 1 aromatic heterocycles. The normalized spacial score (nSPS) is 11.8. The van der Waals surface area contributed by atoms with Crippen LogP contribution in [0.1, 0.15) is 11.1 Å². The second kappa shape index (κ2) is 7.70. The molecule has 7 nitrogen and oxygen atoms in total. The van der Waals surface area contributed by atoms with Crippen molar-refractivity contribution in [2.24, 2.45) is 0 Å². The van der Waals surface area contributed by atoms with Crippen LogP contribution in [0.15, 0.2) is 36.5 Å². The molecule has 0 saturated heterocycles. The fourth-order valence-corrected chi connectivity index (χ4v) is 2.00. The largest absolute Gasteiger partial charge is 0.476 e. The first kappa shape index (κ1) is 20.9. The van der Waals surface area contributed by atoms with Gasteiger partial charge in [-0.25, -0.2) is 0 Å². The smallest absolute Gasteiger partial charge is 0.416 e. The van der Waals surface area contributed by atoms with Crippen molar-refractivity contribution >= 4 is 17.4 Å². The fourth-order valence-electron chi connectivity index (χ4n) is 2.00. The highest BCUT2D eigenvalue weighted by Crippen LogP contribution is 2.37. The first-order valence-corrected chi connectivity index (χ1v) is 7.19. The number of hydrogen-bond acceptors (Lipinski definition) is 5. The van der Waals surface area contributed by atoms with Crippen molar-refractivity contribution in [2.75, 3.05) is 11.9 Å². The van der Waals surface area contributed by atoms with E-state index in [0.717, 1.165) is 12.3 Å². The van der Waals surface area contributed by atoms with Gasteiger partial charge in [-0.05, 0) is 40.2 Å². The lowest BCUT2D eigenvalue weighted by molar-refractivity contribution is -0.390. The van der Waals surface area contributed by atoms with Gasteiger partial charge >= 0.3 is 18.2 Å². The van der Waals surface area contributed by atoms with E-state index in [4.69, 9.17) is 4.74 Å². The Morgan fingerprint density at radius 1 is 1.11 bits per heavy atom. The van der Waals surface area contributed by atoms with Gasteiger partial charge in [-0.2, -0.15) is 26.3 Å². The van der Waals surface area contributed by atoms with E-state index in [1.165, 1.54) is 6.07 Å². The molecule has 0 unspecified atom stereocenters. The number of amides is 1. The van der Waals surface area contributed by atoms with Crippen LogP contribution in [0.2, 0.25) is 0 Å². The second-order valence-electron chi connectivity index (χ2n) is 5.21. The number of alkyl halides is 6. The highest BCUT2D eigenvalue weighted by Gasteiger charge is 2.37. The molecule has 0 radical (unpaired) electrons. The van der Waals surface area contributed by atoms with Gasteiger partial charge < -0.3 is 20.2 Å². The SMILES string of the molecule is O=C(COc1cccnc1[N+](=O)[O-])Nc1cc(C(F)(F)F)cc(C(F)(F)F)c1. The zero-order valence-corrected chi connectivity index (χ0v) is 13.5. The number of pyridine rings is 1. The van der Waals surface area contributed by atoms with Gasteiger partial charge in [0.25, 0.3) is 5.91 Å². The molecule has 13 heteroatoms. The standard InChI is InChI=1S/C15H9F6N3O4/c16-14(17,18)8-4-9(15(19,20)21)6-10(5-8)23-12(25)7-28-11-2-1-3-22-13(11)24(26)27/h1-6H,7H2,(H,23,25). The number of ether oxygens (including phenoxy) is 1. The number of halogens is 6. The third-order valence-electron chi connectivity index (χ3n) is 3.15. The molecular weight excluding hydrogens is 400 g/mol. The molecule has 2 rings (SSSR count). The minimum atomic E-state index is -5.08. The highest BCUT2D eigenvalue weighted by atomic mass is 19.4. The number of nitrogens with one attached hydrogen (secondary N) is 1. The maximum Gasteiger partial charge on any atom is 0.416 e. The Kier molecular flexibility index (Phi) is 5.75. The number of nitrogens with zero attached hydrogens (tertiary/aromatic N) is 2. The minimum Gasteiger partial charge on any atom is -0.476 e. The van der Waals surface area contributed by atoms with Gasteiger partial charge in [-0.1, -0.05) is 0 Å². The Labute approximate surface area is 152 Å². The van der Waals surface area contributed by atoms with Gasteiger partial charge in [0.15, 0.2) is 6.61 Å². The Morgan fingerprint density at radius 3 is 2.18 bits per heavy atom. The van der Waals surface area contributed by atoms with E-state index >= 15 is 0 Å². The van der Waals surface area contributed by atoms with Crippen LogP contribution >= 0.6 is 0 Å². The van der Waals surface area contributed by atoms with Gasteiger partial charge in [-0.3, -0.25) is 4.79 Å². The summed E-state index contributed by atoms with van der Waals surface area (Å²) in [7, 11) is 0. The average molecular weight is 409 g/mol. The molecule has 28 heavy (non-hydrogen) atoms. The van der Waals surface area contributed by atoms with Crippen molar-refractivity contribution in [1.82, 2.24) is 4.98 Å². The quantitative estimate of drug-likeness (QED) is 0.457. The van der Waals surface area contributed by atoms with Crippen LogP contribution in [0, 0.1) is 10.1 Å². The Hall–Kier alpha value is -3.38. The molecule has 1 heterocycles. The average Bonchev–Trinajstić information content (AvgIpc) is 2.58.